The van der Waals surface area contributed by atoms with E-state index in [-0.39, 0.29) is 5.41 Å². The van der Waals surface area contributed by atoms with E-state index in [2.05, 4.69) is 19.2 Å². The summed E-state index contributed by atoms with van der Waals surface area (Å²) >= 11 is 0. The van der Waals surface area contributed by atoms with Gasteiger partial charge in [-0.15, -0.1) is 0 Å². The second kappa shape index (κ2) is 5.25. The van der Waals surface area contributed by atoms with Gasteiger partial charge in [-0.05, 0) is 36.6 Å². The first-order valence-electron chi connectivity index (χ1n) is 5.33. The second-order valence-corrected chi connectivity index (χ2v) is 4.69. The molecule has 3 N–H and O–H groups in total. The zero-order valence-electron chi connectivity index (χ0n) is 9.69. The Labute approximate surface area is 94.8 Å². The number of anilines is 1. The third-order valence-electron chi connectivity index (χ3n) is 2.51. The van der Waals surface area contributed by atoms with E-state index < -0.39 is 11.6 Å². The van der Waals surface area contributed by atoms with Gasteiger partial charge in [-0.1, -0.05) is 13.8 Å². The van der Waals surface area contributed by atoms with Gasteiger partial charge in [0.15, 0.2) is 11.6 Å². The van der Waals surface area contributed by atoms with Crippen molar-refractivity contribution in [1.29, 1.82) is 0 Å². The lowest BCUT2D eigenvalue weighted by atomic mass is 9.89. The molecule has 0 aliphatic carbocycles. The largest absolute Gasteiger partial charge is 0.384 e. The standard InChI is InChI=1S/C12H18F2N2/c1-12(2,5-6-15)8-16-9-3-4-10(13)11(14)7-9/h3-4,7,16H,5-6,8,15H2,1-2H3. The Kier molecular flexibility index (Phi) is 4.24. The lowest BCUT2D eigenvalue weighted by Gasteiger charge is -2.24. The van der Waals surface area contributed by atoms with Crippen LogP contribution in [0.25, 0.3) is 0 Å². The van der Waals surface area contributed by atoms with Crippen molar-refractivity contribution in [2.45, 2.75) is 20.3 Å². The lowest BCUT2D eigenvalue weighted by molar-refractivity contribution is 0.365. The second-order valence-electron chi connectivity index (χ2n) is 4.69. The number of halogens is 2. The van der Waals surface area contributed by atoms with Crippen LogP contribution in [-0.4, -0.2) is 13.1 Å². The van der Waals surface area contributed by atoms with Crippen molar-refractivity contribution in [3.8, 4) is 0 Å². The fourth-order valence-corrected chi connectivity index (χ4v) is 1.43. The number of benzene rings is 1. The van der Waals surface area contributed by atoms with E-state index in [0.29, 0.717) is 18.8 Å². The predicted molar refractivity (Wildman–Crippen MR) is 62.3 cm³/mol. The molecule has 0 aliphatic rings. The van der Waals surface area contributed by atoms with Crippen LogP contribution in [0.2, 0.25) is 0 Å². The van der Waals surface area contributed by atoms with Crippen LogP contribution in [0.3, 0.4) is 0 Å². The number of nitrogens with two attached hydrogens (primary N) is 1. The van der Waals surface area contributed by atoms with Gasteiger partial charge in [0.25, 0.3) is 0 Å². The van der Waals surface area contributed by atoms with E-state index in [0.717, 1.165) is 18.6 Å². The summed E-state index contributed by atoms with van der Waals surface area (Å²) in [5.74, 6) is -1.66. The van der Waals surface area contributed by atoms with Gasteiger partial charge in [0.2, 0.25) is 0 Å². The Bertz CT molecular complexity index is 351. The SMILES string of the molecule is CC(C)(CCN)CNc1ccc(F)c(F)c1. The van der Waals surface area contributed by atoms with Crippen molar-refractivity contribution in [3.05, 3.63) is 29.8 Å². The molecule has 0 heterocycles. The maximum atomic E-state index is 12.9. The molecular weight excluding hydrogens is 210 g/mol. The maximum absolute atomic E-state index is 12.9. The summed E-state index contributed by atoms with van der Waals surface area (Å²) in [4.78, 5) is 0. The molecule has 0 radical (unpaired) electrons. The predicted octanol–water partition coefficient (Wildman–Crippen LogP) is 2.75. The topological polar surface area (TPSA) is 38.0 Å². The van der Waals surface area contributed by atoms with Crippen LogP contribution in [0.1, 0.15) is 20.3 Å². The van der Waals surface area contributed by atoms with Gasteiger partial charge in [-0.2, -0.15) is 0 Å². The monoisotopic (exact) mass is 228 g/mol. The summed E-state index contributed by atoms with van der Waals surface area (Å²) < 4.78 is 25.6. The highest BCUT2D eigenvalue weighted by molar-refractivity contribution is 5.43. The van der Waals surface area contributed by atoms with Gasteiger partial charge >= 0.3 is 0 Å². The smallest absolute Gasteiger partial charge is 0.160 e. The van der Waals surface area contributed by atoms with Gasteiger partial charge in [0.05, 0.1) is 0 Å². The van der Waals surface area contributed by atoms with Crippen molar-refractivity contribution in [2.24, 2.45) is 11.1 Å². The molecule has 0 bridgehead atoms. The summed E-state index contributed by atoms with van der Waals surface area (Å²) in [6.45, 7) is 5.45. The van der Waals surface area contributed by atoms with E-state index in [9.17, 15) is 8.78 Å². The Hall–Kier alpha value is -1.16. The average molecular weight is 228 g/mol. The van der Waals surface area contributed by atoms with Crippen LogP contribution < -0.4 is 11.1 Å². The number of hydrogen-bond donors (Lipinski definition) is 2. The summed E-state index contributed by atoms with van der Waals surface area (Å²) in [6, 6.07) is 3.80. The normalized spacial score (nSPS) is 11.6. The van der Waals surface area contributed by atoms with E-state index in [1.807, 2.05) is 0 Å². The zero-order valence-corrected chi connectivity index (χ0v) is 9.69. The lowest BCUT2D eigenvalue weighted by Crippen LogP contribution is -2.26. The molecule has 2 nitrogen and oxygen atoms in total. The van der Waals surface area contributed by atoms with Gasteiger partial charge < -0.3 is 11.1 Å². The van der Waals surface area contributed by atoms with Crippen LogP contribution in [0.5, 0.6) is 0 Å². The highest BCUT2D eigenvalue weighted by Crippen LogP contribution is 2.21. The Morgan fingerprint density at radius 3 is 2.50 bits per heavy atom. The summed E-state index contributed by atoms with van der Waals surface area (Å²) in [5.41, 5.74) is 6.12. The average Bonchev–Trinajstić information content (AvgIpc) is 2.20. The van der Waals surface area contributed by atoms with Crippen molar-refractivity contribution >= 4 is 5.69 Å². The van der Waals surface area contributed by atoms with Crippen LogP contribution in [-0.2, 0) is 0 Å². The van der Waals surface area contributed by atoms with Gasteiger partial charge in [0, 0.05) is 12.2 Å². The van der Waals surface area contributed by atoms with Crippen molar-refractivity contribution in [2.75, 3.05) is 18.4 Å². The molecule has 16 heavy (non-hydrogen) atoms. The van der Waals surface area contributed by atoms with Gasteiger partial charge in [0.1, 0.15) is 0 Å². The van der Waals surface area contributed by atoms with E-state index in [4.69, 9.17) is 5.73 Å². The summed E-state index contributed by atoms with van der Waals surface area (Å²) in [5, 5.41) is 3.08. The van der Waals surface area contributed by atoms with Crippen molar-refractivity contribution in [1.82, 2.24) is 0 Å². The molecule has 0 fully saturated rings. The molecule has 90 valence electrons. The van der Waals surface area contributed by atoms with E-state index in [1.54, 1.807) is 0 Å². The first-order chi connectivity index (χ1) is 7.44. The quantitative estimate of drug-likeness (QED) is 0.813. The van der Waals surface area contributed by atoms with Crippen LogP contribution >= 0.6 is 0 Å². The fourth-order valence-electron chi connectivity index (χ4n) is 1.43. The highest BCUT2D eigenvalue weighted by atomic mass is 19.2. The molecule has 0 aromatic heterocycles. The van der Waals surface area contributed by atoms with Gasteiger partial charge in [-0.25, -0.2) is 8.78 Å². The van der Waals surface area contributed by atoms with Crippen LogP contribution in [0.4, 0.5) is 14.5 Å². The fraction of sp³-hybridized carbons (Fsp3) is 0.500. The first-order valence-corrected chi connectivity index (χ1v) is 5.33. The number of rotatable bonds is 5. The Balaban J connectivity index is 2.57. The number of nitrogens with one attached hydrogen (secondary N) is 1. The molecule has 1 aromatic carbocycles. The molecule has 0 amide bonds. The van der Waals surface area contributed by atoms with Gasteiger partial charge in [-0.3, -0.25) is 0 Å². The summed E-state index contributed by atoms with van der Waals surface area (Å²) in [7, 11) is 0. The highest BCUT2D eigenvalue weighted by Gasteiger charge is 2.16. The molecule has 0 aliphatic heterocycles. The Morgan fingerprint density at radius 2 is 1.94 bits per heavy atom. The molecule has 1 aromatic rings. The van der Waals surface area contributed by atoms with Crippen LogP contribution in [0, 0.1) is 17.0 Å². The number of hydrogen-bond acceptors (Lipinski definition) is 2. The maximum Gasteiger partial charge on any atom is 0.160 e. The third-order valence-corrected chi connectivity index (χ3v) is 2.51. The minimum Gasteiger partial charge on any atom is -0.384 e. The Morgan fingerprint density at radius 1 is 1.25 bits per heavy atom. The molecule has 0 atom stereocenters. The molecule has 4 heteroatoms. The minimum atomic E-state index is -0.832. The summed E-state index contributed by atoms with van der Waals surface area (Å²) in [6.07, 6.45) is 0.879. The third kappa shape index (κ3) is 3.77. The zero-order chi connectivity index (χ0) is 12.2. The minimum absolute atomic E-state index is 0.0413. The van der Waals surface area contributed by atoms with E-state index >= 15 is 0 Å². The molecule has 0 spiro atoms. The first kappa shape index (κ1) is 12.9. The van der Waals surface area contributed by atoms with Crippen LogP contribution in [0.15, 0.2) is 18.2 Å². The van der Waals surface area contributed by atoms with Crippen molar-refractivity contribution in [3.63, 3.8) is 0 Å². The molecule has 0 saturated carbocycles. The van der Waals surface area contributed by atoms with E-state index in [1.165, 1.54) is 6.07 Å². The molecule has 0 saturated heterocycles. The molecular formula is C12H18F2N2. The molecule has 0 unspecified atom stereocenters. The van der Waals surface area contributed by atoms with Crippen molar-refractivity contribution < 1.29 is 8.78 Å². The molecule has 1 rings (SSSR count).